The Morgan fingerprint density at radius 1 is 1.43 bits per heavy atom. The SMILES string of the molecule is C/C=C/C(=O)N(C)c1ccccc1I. The van der Waals surface area contributed by atoms with E-state index in [1.165, 1.54) is 0 Å². The molecule has 0 aliphatic carbocycles. The topological polar surface area (TPSA) is 20.3 Å². The van der Waals surface area contributed by atoms with Gasteiger partial charge in [0, 0.05) is 10.6 Å². The lowest BCUT2D eigenvalue weighted by molar-refractivity contribution is -0.113. The number of rotatable bonds is 2. The van der Waals surface area contributed by atoms with Crippen molar-refractivity contribution in [3.05, 3.63) is 40.0 Å². The quantitative estimate of drug-likeness (QED) is 0.607. The maximum Gasteiger partial charge on any atom is 0.250 e. The molecule has 1 aromatic rings. The van der Waals surface area contributed by atoms with E-state index in [1.54, 1.807) is 24.1 Å². The van der Waals surface area contributed by atoms with Crippen molar-refractivity contribution < 1.29 is 4.79 Å². The molecule has 0 aromatic heterocycles. The lowest BCUT2D eigenvalue weighted by Crippen LogP contribution is -2.24. The van der Waals surface area contributed by atoms with Crippen molar-refractivity contribution in [2.24, 2.45) is 0 Å². The van der Waals surface area contributed by atoms with Crippen LogP contribution in [0.15, 0.2) is 36.4 Å². The summed E-state index contributed by atoms with van der Waals surface area (Å²) in [5.74, 6) is -0.00313. The van der Waals surface area contributed by atoms with Crippen LogP contribution in [0.2, 0.25) is 0 Å². The van der Waals surface area contributed by atoms with Gasteiger partial charge in [0.15, 0.2) is 0 Å². The summed E-state index contributed by atoms with van der Waals surface area (Å²) >= 11 is 2.22. The number of halogens is 1. The largest absolute Gasteiger partial charge is 0.311 e. The lowest BCUT2D eigenvalue weighted by Gasteiger charge is -2.16. The van der Waals surface area contributed by atoms with Crippen LogP contribution in [0.25, 0.3) is 0 Å². The second kappa shape index (κ2) is 5.14. The molecule has 0 atom stereocenters. The summed E-state index contributed by atoms with van der Waals surface area (Å²) in [6.45, 7) is 1.84. The highest BCUT2D eigenvalue weighted by Gasteiger charge is 2.09. The first-order valence-corrected chi connectivity index (χ1v) is 5.39. The Kier molecular flexibility index (Phi) is 4.13. The third-order valence-electron chi connectivity index (χ3n) is 1.85. The maximum absolute atomic E-state index is 11.5. The average molecular weight is 301 g/mol. The number of nitrogens with zero attached hydrogens (tertiary/aromatic N) is 1. The van der Waals surface area contributed by atoms with E-state index in [0.717, 1.165) is 9.26 Å². The van der Waals surface area contributed by atoms with Crippen molar-refractivity contribution >= 4 is 34.2 Å². The predicted molar refractivity (Wildman–Crippen MR) is 67.4 cm³/mol. The molecule has 0 N–H and O–H groups in total. The molecule has 14 heavy (non-hydrogen) atoms. The van der Waals surface area contributed by atoms with Crippen molar-refractivity contribution in [3.8, 4) is 0 Å². The van der Waals surface area contributed by atoms with Crippen LogP contribution in [-0.2, 0) is 4.79 Å². The minimum absolute atomic E-state index is 0.00313. The molecule has 1 rings (SSSR count). The minimum atomic E-state index is -0.00313. The first-order chi connectivity index (χ1) is 6.66. The maximum atomic E-state index is 11.5. The van der Waals surface area contributed by atoms with Crippen LogP contribution in [0.1, 0.15) is 6.92 Å². The number of carbonyl (C=O) groups is 1. The second-order valence-electron chi connectivity index (χ2n) is 2.85. The lowest BCUT2D eigenvalue weighted by atomic mass is 10.3. The Balaban J connectivity index is 2.95. The number of benzene rings is 1. The highest BCUT2D eigenvalue weighted by atomic mass is 127. The Labute approximate surface area is 97.7 Å². The molecular formula is C11H12INO. The molecule has 2 nitrogen and oxygen atoms in total. The van der Waals surface area contributed by atoms with Crippen molar-refractivity contribution in [1.82, 2.24) is 0 Å². The molecule has 74 valence electrons. The number of amides is 1. The summed E-state index contributed by atoms with van der Waals surface area (Å²) in [5, 5.41) is 0. The third kappa shape index (κ3) is 2.57. The zero-order chi connectivity index (χ0) is 10.6. The van der Waals surface area contributed by atoms with Crippen LogP contribution >= 0.6 is 22.6 Å². The van der Waals surface area contributed by atoms with Gasteiger partial charge in [0.25, 0.3) is 0 Å². The Hall–Kier alpha value is -0.840. The zero-order valence-corrected chi connectivity index (χ0v) is 10.4. The van der Waals surface area contributed by atoms with Gasteiger partial charge in [-0.15, -0.1) is 0 Å². The molecule has 1 aromatic carbocycles. The summed E-state index contributed by atoms with van der Waals surface area (Å²) in [6, 6.07) is 7.80. The van der Waals surface area contributed by atoms with Gasteiger partial charge >= 0.3 is 0 Å². The standard InChI is InChI=1S/C11H12INO/c1-3-6-11(14)13(2)10-8-5-4-7-9(10)12/h3-8H,1-2H3/b6-3+. The van der Waals surface area contributed by atoms with Crippen LogP contribution < -0.4 is 4.90 Å². The summed E-state index contributed by atoms with van der Waals surface area (Å²) in [6.07, 6.45) is 3.30. The van der Waals surface area contributed by atoms with E-state index in [2.05, 4.69) is 22.6 Å². The van der Waals surface area contributed by atoms with Crippen LogP contribution in [0.4, 0.5) is 5.69 Å². The fourth-order valence-electron chi connectivity index (χ4n) is 1.10. The van der Waals surface area contributed by atoms with Crippen LogP contribution in [-0.4, -0.2) is 13.0 Å². The number of carbonyl (C=O) groups excluding carboxylic acids is 1. The number of allylic oxidation sites excluding steroid dienone is 1. The van der Waals surface area contributed by atoms with E-state index in [1.807, 2.05) is 31.2 Å². The van der Waals surface area contributed by atoms with E-state index in [4.69, 9.17) is 0 Å². The molecule has 3 heteroatoms. The zero-order valence-electron chi connectivity index (χ0n) is 8.20. The van der Waals surface area contributed by atoms with E-state index >= 15 is 0 Å². The highest BCUT2D eigenvalue weighted by Crippen LogP contribution is 2.20. The van der Waals surface area contributed by atoms with Gasteiger partial charge in [-0.1, -0.05) is 18.2 Å². The smallest absolute Gasteiger partial charge is 0.250 e. The predicted octanol–water partition coefficient (Wildman–Crippen LogP) is 2.83. The van der Waals surface area contributed by atoms with Gasteiger partial charge in [-0.3, -0.25) is 4.79 Å². The van der Waals surface area contributed by atoms with Gasteiger partial charge in [0.1, 0.15) is 0 Å². The second-order valence-corrected chi connectivity index (χ2v) is 4.01. The minimum Gasteiger partial charge on any atom is -0.311 e. The van der Waals surface area contributed by atoms with Gasteiger partial charge in [-0.05, 0) is 47.7 Å². The van der Waals surface area contributed by atoms with Crippen molar-refractivity contribution in [1.29, 1.82) is 0 Å². The van der Waals surface area contributed by atoms with Crippen molar-refractivity contribution in [2.45, 2.75) is 6.92 Å². The normalized spacial score (nSPS) is 10.5. The van der Waals surface area contributed by atoms with Crippen LogP contribution in [0.3, 0.4) is 0 Å². The van der Waals surface area contributed by atoms with Gasteiger partial charge in [-0.25, -0.2) is 0 Å². The van der Waals surface area contributed by atoms with Gasteiger partial charge < -0.3 is 4.90 Å². The molecule has 0 fully saturated rings. The summed E-state index contributed by atoms with van der Waals surface area (Å²) in [7, 11) is 1.78. The molecule has 0 saturated heterocycles. The van der Waals surface area contributed by atoms with Crippen LogP contribution in [0.5, 0.6) is 0 Å². The average Bonchev–Trinajstić information content (AvgIpc) is 2.18. The van der Waals surface area contributed by atoms with Crippen LogP contribution in [0, 0.1) is 3.57 Å². The highest BCUT2D eigenvalue weighted by molar-refractivity contribution is 14.1. The number of likely N-dealkylation sites (N-methyl/N-ethyl adjacent to an activating group) is 1. The van der Waals surface area contributed by atoms with E-state index < -0.39 is 0 Å². The van der Waals surface area contributed by atoms with Gasteiger partial charge in [-0.2, -0.15) is 0 Å². The van der Waals surface area contributed by atoms with E-state index in [9.17, 15) is 4.79 Å². The molecule has 0 bridgehead atoms. The number of hydrogen-bond donors (Lipinski definition) is 0. The van der Waals surface area contributed by atoms with Gasteiger partial charge in [0.05, 0.1) is 5.69 Å². The Bertz CT molecular complexity index is 360. The van der Waals surface area contributed by atoms with Crippen molar-refractivity contribution in [2.75, 3.05) is 11.9 Å². The molecule has 0 radical (unpaired) electrons. The summed E-state index contributed by atoms with van der Waals surface area (Å²) < 4.78 is 1.07. The van der Waals surface area contributed by atoms with E-state index in [0.29, 0.717) is 0 Å². The first kappa shape index (κ1) is 11.2. The molecule has 0 saturated carbocycles. The van der Waals surface area contributed by atoms with E-state index in [-0.39, 0.29) is 5.91 Å². The molecule has 0 aliphatic heterocycles. The molecule has 0 unspecified atom stereocenters. The molecule has 1 amide bonds. The van der Waals surface area contributed by atoms with Crippen molar-refractivity contribution in [3.63, 3.8) is 0 Å². The number of para-hydroxylation sites is 1. The fraction of sp³-hybridized carbons (Fsp3) is 0.182. The monoisotopic (exact) mass is 301 g/mol. The molecular weight excluding hydrogens is 289 g/mol. The summed E-state index contributed by atoms with van der Waals surface area (Å²) in [5.41, 5.74) is 0.941. The number of anilines is 1. The summed E-state index contributed by atoms with van der Waals surface area (Å²) in [4.78, 5) is 13.2. The molecule has 0 aliphatic rings. The number of hydrogen-bond acceptors (Lipinski definition) is 1. The molecule has 0 heterocycles. The Morgan fingerprint density at radius 3 is 2.64 bits per heavy atom. The Morgan fingerprint density at radius 2 is 2.07 bits per heavy atom. The van der Waals surface area contributed by atoms with Gasteiger partial charge in [0.2, 0.25) is 5.91 Å². The third-order valence-corrected chi connectivity index (χ3v) is 2.77. The molecule has 0 spiro atoms. The fourth-order valence-corrected chi connectivity index (χ4v) is 1.85. The first-order valence-electron chi connectivity index (χ1n) is 4.31.